The first-order valence-corrected chi connectivity index (χ1v) is 9.33. The van der Waals surface area contributed by atoms with Crippen LogP contribution in [-0.2, 0) is 4.79 Å². The van der Waals surface area contributed by atoms with Gasteiger partial charge in [-0.15, -0.1) is 12.4 Å². The molecule has 146 valence electrons. The summed E-state index contributed by atoms with van der Waals surface area (Å²) in [6, 6.07) is 4.98. The second kappa shape index (κ2) is 10.1. The van der Waals surface area contributed by atoms with Crippen LogP contribution < -0.4 is 11.1 Å². The molecular formula is C19H29Cl2N3O2. The molecular weight excluding hydrogens is 373 g/mol. The third kappa shape index (κ3) is 5.86. The van der Waals surface area contributed by atoms with Crippen molar-refractivity contribution in [3.05, 3.63) is 28.8 Å². The monoisotopic (exact) mass is 401 g/mol. The zero-order chi connectivity index (χ0) is 18.6. The average Bonchev–Trinajstić information content (AvgIpc) is 2.55. The summed E-state index contributed by atoms with van der Waals surface area (Å²) in [5, 5.41) is 3.23. The van der Waals surface area contributed by atoms with Gasteiger partial charge in [0.2, 0.25) is 5.91 Å². The van der Waals surface area contributed by atoms with Crippen molar-refractivity contribution in [3.63, 3.8) is 0 Å². The third-order valence-electron chi connectivity index (χ3n) is 4.49. The Balaban J connectivity index is 0.00000338. The van der Waals surface area contributed by atoms with E-state index in [2.05, 4.69) is 5.32 Å². The fourth-order valence-electron chi connectivity index (χ4n) is 3.26. The minimum atomic E-state index is -0.119. The number of nitrogens with zero attached hydrogens (tertiary/aromatic N) is 1. The van der Waals surface area contributed by atoms with Crippen molar-refractivity contribution in [1.82, 2.24) is 4.90 Å². The maximum absolute atomic E-state index is 13.0. The summed E-state index contributed by atoms with van der Waals surface area (Å²) in [4.78, 5) is 26.8. The zero-order valence-corrected chi connectivity index (χ0v) is 17.2. The lowest BCUT2D eigenvalue weighted by Gasteiger charge is -2.38. The van der Waals surface area contributed by atoms with Crippen LogP contribution in [0.3, 0.4) is 0 Å². The lowest BCUT2D eigenvalue weighted by atomic mass is 9.96. The van der Waals surface area contributed by atoms with Crippen molar-refractivity contribution < 1.29 is 9.59 Å². The fourth-order valence-corrected chi connectivity index (χ4v) is 3.46. The van der Waals surface area contributed by atoms with Crippen LogP contribution in [0.5, 0.6) is 0 Å². The number of carbonyl (C=O) groups is 2. The average molecular weight is 402 g/mol. The summed E-state index contributed by atoms with van der Waals surface area (Å²) in [6.45, 7) is 6.59. The number of halogens is 2. The van der Waals surface area contributed by atoms with Gasteiger partial charge >= 0.3 is 0 Å². The van der Waals surface area contributed by atoms with E-state index in [0.29, 0.717) is 29.2 Å². The van der Waals surface area contributed by atoms with Crippen LogP contribution in [0.15, 0.2) is 18.2 Å². The molecule has 3 N–H and O–H groups in total. The first-order chi connectivity index (χ1) is 11.8. The van der Waals surface area contributed by atoms with Crippen molar-refractivity contribution in [2.24, 2.45) is 11.7 Å². The van der Waals surface area contributed by atoms with Gasteiger partial charge in [0.15, 0.2) is 0 Å². The molecule has 1 saturated heterocycles. The van der Waals surface area contributed by atoms with Gasteiger partial charge < -0.3 is 16.0 Å². The molecule has 0 aliphatic carbocycles. The number of hydrogen-bond acceptors (Lipinski definition) is 3. The fraction of sp³-hybridized carbons (Fsp3) is 0.579. The van der Waals surface area contributed by atoms with Gasteiger partial charge in [0.1, 0.15) is 0 Å². The van der Waals surface area contributed by atoms with Gasteiger partial charge in [-0.3, -0.25) is 9.59 Å². The predicted molar refractivity (Wildman–Crippen MR) is 109 cm³/mol. The molecule has 0 bridgehead atoms. The number of piperidine rings is 1. The van der Waals surface area contributed by atoms with Gasteiger partial charge in [0.05, 0.1) is 10.6 Å². The van der Waals surface area contributed by atoms with Crippen LogP contribution in [0.1, 0.15) is 56.8 Å². The minimum Gasteiger partial charge on any atom is -0.334 e. The largest absolute Gasteiger partial charge is 0.334 e. The molecule has 1 fully saturated rings. The van der Waals surface area contributed by atoms with E-state index in [0.717, 1.165) is 19.3 Å². The third-order valence-corrected chi connectivity index (χ3v) is 4.82. The standard InChI is InChI=1S/C19H28ClN3O2.ClH/c1-12(2)10-18(24)22-14-7-8-16(20)15(11-14)19(25)23-9-5-4-6-17(23)13(3)21;/h7-8,11-13,17H,4-6,9-10,21H2,1-3H3,(H,22,24);1H. The molecule has 5 nitrogen and oxygen atoms in total. The summed E-state index contributed by atoms with van der Waals surface area (Å²) in [6.07, 6.45) is 3.39. The van der Waals surface area contributed by atoms with Crippen molar-refractivity contribution in [1.29, 1.82) is 0 Å². The van der Waals surface area contributed by atoms with E-state index >= 15 is 0 Å². The van der Waals surface area contributed by atoms with Crippen molar-refractivity contribution in [2.45, 2.75) is 58.5 Å². The molecule has 0 spiro atoms. The molecule has 1 aromatic rings. The van der Waals surface area contributed by atoms with E-state index in [1.807, 2.05) is 25.7 Å². The van der Waals surface area contributed by atoms with E-state index in [4.69, 9.17) is 17.3 Å². The zero-order valence-electron chi connectivity index (χ0n) is 15.6. The molecule has 0 saturated carbocycles. The molecule has 1 aliphatic rings. The molecule has 0 radical (unpaired) electrons. The Bertz CT molecular complexity index is 635. The van der Waals surface area contributed by atoms with Crippen molar-refractivity contribution in [3.8, 4) is 0 Å². The quantitative estimate of drug-likeness (QED) is 0.779. The van der Waals surface area contributed by atoms with Crippen LogP contribution in [0.4, 0.5) is 5.69 Å². The smallest absolute Gasteiger partial charge is 0.255 e. The summed E-state index contributed by atoms with van der Waals surface area (Å²) in [5.74, 6) is 0.0858. The Kier molecular flexibility index (Phi) is 8.87. The first kappa shape index (κ1) is 22.7. The summed E-state index contributed by atoms with van der Waals surface area (Å²) >= 11 is 6.27. The first-order valence-electron chi connectivity index (χ1n) is 8.95. The van der Waals surface area contributed by atoms with Gasteiger partial charge in [-0.2, -0.15) is 0 Å². The maximum atomic E-state index is 13.0. The van der Waals surface area contributed by atoms with E-state index < -0.39 is 0 Å². The molecule has 2 atom stereocenters. The number of rotatable bonds is 5. The molecule has 0 aromatic heterocycles. The summed E-state index contributed by atoms with van der Waals surface area (Å²) < 4.78 is 0. The van der Waals surface area contributed by atoms with E-state index in [9.17, 15) is 9.59 Å². The number of nitrogens with one attached hydrogen (secondary N) is 1. The Labute approximate surface area is 167 Å². The Hall–Kier alpha value is -1.30. The molecule has 2 rings (SSSR count). The van der Waals surface area contributed by atoms with Gasteiger partial charge in [-0.1, -0.05) is 25.4 Å². The topological polar surface area (TPSA) is 75.4 Å². The molecule has 1 heterocycles. The number of benzene rings is 1. The van der Waals surface area contributed by atoms with Gasteiger partial charge in [0, 0.05) is 30.7 Å². The highest BCUT2D eigenvalue weighted by Crippen LogP contribution is 2.27. The SMILES string of the molecule is CC(C)CC(=O)Nc1ccc(Cl)c(C(=O)N2CCCCC2C(C)N)c1.Cl. The van der Waals surface area contributed by atoms with E-state index in [1.165, 1.54) is 0 Å². The van der Waals surface area contributed by atoms with Crippen molar-refractivity contribution in [2.75, 3.05) is 11.9 Å². The highest BCUT2D eigenvalue weighted by molar-refractivity contribution is 6.34. The highest BCUT2D eigenvalue weighted by atomic mass is 35.5. The number of amides is 2. The van der Waals surface area contributed by atoms with Crippen LogP contribution in [-0.4, -0.2) is 35.3 Å². The number of likely N-dealkylation sites (tertiary alicyclic amines) is 1. The lowest BCUT2D eigenvalue weighted by Crippen LogP contribution is -2.51. The lowest BCUT2D eigenvalue weighted by molar-refractivity contribution is -0.116. The number of nitrogens with two attached hydrogens (primary N) is 1. The highest BCUT2D eigenvalue weighted by Gasteiger charge is 2.30. The van der Waals surface area contributed by atoms with E-state index in [-0.39, 0.29) is 42.2 Å². The van der Waals surface area contributed by atoms with E-state index in [1.54, 1.807) is 18.2 Å². The Morgan fingerprint density at radius 2 is 2.00 bits per heavy atom. The molecule has 1 aliphatic heterocycles. The molecule has 26 heavy (non-hydrogen) atoms. The predicted octanol–water partition coefficient (Wildman–Crippen LogP) is 4.09. The maximum Gasteiger partial charge on any atom is 0.255 e. The molecule has 7 heteroatoms. The Morgan fingerprint density at radius 3 is 2.62 bits per heavy atom. The number of anilines is 1. The van der Waals surface area contributed by atoms with Crippen molar-refractivity contribution >= 4 is 41.5 Å². The van der Waals surface area contributed by atoms with Gasteiger partial charge in [0.25, 0.3) is 5.91 Å². The molecule has 2 unspecified atom stereocenters. The van der Waals surface area contributed by atoms with Crippen LogP contribution in [0.25, 0.3) is 0 Å². The number of carbonyl (C=O) groups excluding carboxylic acids is 2. The number of hydrogen-bond donors (Lipinski definition) is 2. The second-order valence-electron chi connectivity index (χ2n) is 7.26. The Morgan fingerprint density at radius 1 is 1.31 bits per heavy atom. The minimum absolute atomic E-state index is 0. The van der Waals surface area contributed by atoms with Crippen LogP contribution in [0.2, 0.25) is 5.02 Å². The molecule has 1 aromatic carbocycles. The van der Waals surface area contributed by atoms with Crippen LogP contribution >= 0.6 is 24.0 Å². The molecule has 2 amide bonds. The van der Waals surface area contributed by atoms with Crippen LogP contribution in [0, 0.1) is 5.92 Å². The summed E-state index contributed by atoms with van der Waals surface area (Å²) in [7, 11) is 0. The van der Waals surface area contributed by atoms with Gasteiger partial charge in [-0.25, -0.2) is 0 Å². The van der Waals surface area contributed by atoms with Gasteiger partial charge in [-0.05, 0) is 50.3 Å². The second-order valence-corrected chi connectivity index (χ2v) is 7.67. The summed E-state index contributed by atoms with van der Waals surface area (Å²) in [5.41, 5.74) is 7.07. The normalized spacial score (nSPS) is 18.2.